The third-order valence-electron chi connectivity index (χ3n) is 4.33. The molecule has 1 N–H and O–H groups in total. The first-order chi connectivity index (χ1) is 11.6. The van der Waals surface area contributed by atoms with Gasteiger partial charge in [-0.3, -0.25) is 19.3 Å². The van der Waals surface area contributed by atoms with Gasteiger partial charge in [-0.05, 0) is 36.6 Å². The monoisotopic (exact) mass is 320 g/mol. The molecule has 0 unspecified atom stereocenters. The van der Waals surface area contributed by atoms with Gasteiger partial charge in [0, 0.05) is 11.6 Å². The second-order valence-corrected chi connectivity index (χ2v) is 6.19. The molecular formula is C19H16N2O3. The molecule has 5 heteroatoms. The molecule has 0 bridgehead atoms. The Hall–Kier alpha value is -2.95. The summed E-state index contributed by atoms with van der Waals surface area (Å²) < 4.78 is 0. The Morgan fingerprint density at radius 3 is 2.42 bits per heavy atom. The lowest BCUT2D eigenvalue weighted by atomic mass is 10.1. The average molecular weight is 320 g/mol. The van der Waals surface area contributed by atoms with Gasteiger partial charge in [0.15, 0.2) is 0 Å². The lowest BCUT2D eigenvalue weighted by Gasteiger charge is -2.13. The summed E-state index contributed by atoms with van der Waals surface area (Å²) in [5, 5.41) is 2.89. The zero-order chi connectivity index (χ0) is 16.7. The number of carbonyl (C=O) groups is 3. The van der Waals surface area contributed by atoms with Crippen LogP contribution in [0.4, 0.5) is 0 Å². The number of carbonyl (C=O) groups excluding carboxylic acids is 3. The predicted molar refractivity (Wildman–Crippen MR) is 87.6 cm³/mol. The molecule has 0 radical (unpaired) electrons. The van der Waals surface area contributed by atoms with Crippen molar-refractivity contribution in [1.82, 2.24) is 10.2 Å². The van der Waals surface area contributed by atoms with E-state index in [0.29, 0.717) is 16.7 Å². The number of hydrogen-bond donors (Lipinski definition) is 1. The van der Waals surface area contributed by atoms with Crippen molar-refractivity contribution in [3.8, 4) is 0 Å². The second-order valence-electron chi connectivity index (χ2n) is 6.19. The maximum atomic E-state index is 12.6. The summed E-state index contributed by atoms with van der Waals surface area (Å²) in [6.45, 7) is 0.233. The molecule has 2 aromatic rings. The summed E-state index contributed by atoms with van der Waals surface area (Å²) in [5.41, 5.74) is 1.97. The molecule has 0 spiro atoms. The molecule has 120 valence electrons. The molecule has 2 aromatic carbocycles. The van der Waals surface area contributed by atoms with E-state index >= 15 is 0 Å². The largest absolute Gasteiger partial charge is 0.349 e. The topological polar surface area (TPSA) is 66.5 Å². The van der Waals surface area contributed by atoms with Gasteiger partial charge in [-0.15, -0.1) is 0 Å². The number of nitrogens with one attached hydrogen (secondary N) is 1. The highest BCUT2D eigenvalue weighted by atomic mass is 16.2. The lowest BCUT2D eigenvalue weighted by Crippen LogP contribution is -2.29. The first-order valence-corrected chi connectivity index (χ1v) is 7.98. The van der Waals surface area contributed by atoms with Crippen LogP contribution < -0.4 is 5.32 Å². The molecule has 0 aromatic heterocycles. The van der Waals surface area contributed by atoms with Gasteiger partial charge in [-0.2, -0.15) is 0 Å². The third kappa shape index (κ3) is 2.58. The Morgan fingerprint density at radius 2 is 1.71 bits per heavy atom. The minimum absolute atomic E-state index is 0.193. The highest BCUT2D eigenvalue weighted by Crippen LogP contribution is 2.26. The van der Waals surface area contributed by atoms with Crippen LogP contribution in [-0.2, 0) is 6.54 Å². The highest BCUT2D eigenvalue weighted by Gasteiger charge is 2.36. The van der Waals surface area contributed by atoms with Crippen molar-refractivity contribution >= 4 is 17.7 Å². The zero-order valence-corrected chi connectivity index (χ0v) is 13.0. The number of hydrogen-bond acceptors (Lipinski definition) is 3. The number of nitrogens with zero attached hydrogens (tertiary/aromatic N) is 1. The van der Waals surface area contributed by atoms with E-state index in [1.54, 1.807) is 12.1 Å². The fraction of sp³-hybridized carbons (Fsp3) is 0.211. The van der Waals surface area contributed by atoms with Gasteiger partial charge in [-0.1, -0.05) is 30.3 Å². The summed E-state index contributed by atoms with van der Waals surface area (Å²) in [6, 6.07) is 14.3. The van der Waals surface area contributed by atoms with Gasteiger partial charge in [0.25, 0.3) is 17.7 Å². The predicted octanol–water partition coefficient (Wildman–Crippen LogP) is 2.38. The van der Waals surface area contributed by atoms with Gasteiger partial charge in [-0.25, -0.2) is 0 Å². The van der Waals surface area contributed by atoms with Crippen molar-refractivity contribution < 1.29 is 14.4 Å². The van der Waals surface area contributed by atoms with Crippen LogP contribution in [0.15, 0.2) is 48.5 Å². The third-order valence-corrected chi connectivity index (χ3v) is 4.33. The maximum absolute atomic E-state index is 12.6. The van der Waals surface area contributed by atoms with Crippen LogP contribution in [0.25, 0.3) is 0 Å². The fourth-order valence-corrected chi connectivity index (χ4v) is 2.84. The van der Waals surface area contributed by atoms with Crippen molar-refractivity contribution in [2.75, 3.05) is 0 Å². The molecule has 5 nitrogen and oxygen atoms in total. The average Bonchev–Trinajstić information content (AvgIpc) is 3.39. The van der Waals surface area contributed by atoms with Crippen LogP contribution in [0.5, 0.6) is 0 Å². The van der Waals surface area contributed by atoms with E-state index in [0.717, 1.165) is 18.4 Å². The van der Waals surface area contributed by atoms with Crippen molar-refractivity contribution in [3.05, 3.63) is 70.8 Å². The Morgan fingerprint density at radius 1 is 1.00 bits per heavy atom. The maximum Gasteiger partial charge on any atom is 0.261 e. The molecule has 1 saturated carbocycles. The van der Waals surface area contributed by atoms with E-state index in [-0.39, 0.29) is 30.3 Å². The minimum Gasteiger partial charge on any atom is -0.349 e. The molecule has 1 aliphatic carbocycles. The second kappa shape index (κ2) is 5.60. The standard InChI is InChI=1S/C19H16N2O3/c22-17(20-14-7-8-14)13-6-9-15-16(10-13)19(24)21(18(15)23)11-12-4-2-1-3-5-12/h1-6,9-10,14H,7-8,11H2,(H,20,22). The quantitative estimate of drug-likeness (QED) is 0.880. The zero-order valence-electron chi connectivity index (χ0n) is 13.0. The van der Waals surface area contributed by atoms with Crippen LogP contribution in [0.1, 0.15) is 49.5 Å². The highest BCUT2D eigenvalue weighted by molar-refractivity contribution is 6.22. The van der Waals surface area contributed by atoms with Crippen LogP contribution in [0.3, 0.4) is 0 Å². The first kappa shape index (κ1) is 14.6. The van der Waals surface area contributed by atoms with E-state index in [1.165, 1.54) is 11.0 Å². The number of fused-ring (bicyclic) bond motifs is 1. The van der Waals surface area contributed by atoms with E-state index in [1.807, 2.05) is 30.3 Å². The van der Waals surface area contributed by atoms with Gasteiger partial charge in [0.2, 0.25) is 0 Å². The van der Waals surface area contributed by atoms with Gasteiger partial charge in [0.05, 0.1) is 17.7 Å². The van der Waals surface area contributed by atoms with Gasteiger partial charge < -0.3 is 5.32 Å². The van der Waals surface area contributed by atoms with Crippen molar-refractivity contribution in [1.29, 1.82) is 0 Å². The van der Waals surface area contributed by atoms with Crippen LogP contribution >= 0.6 is 0 Å². The normalized spacial score (nSPS) is 16.2. The summed E-state index contributed by atoms with van der Waals surface area (Å²) in [7, 11) is 0. The summed E-state index contributed by atoms with van der Waals surface area (Å²) in [6.07, 6.45) is 2.00. The van der Waals surface area contributed by atoms with Crippen LogP contribution in [0.2, 0.25) is 0 Å². The molecule has 3 amide bonds. The Balaban J connectivity index is 1.59. The Bertz CT molecular complexity index is 841. The summed E-state index contributed by atoms with van der Waals surface area (Å²) in [5.74, 6) is -0.852. The van der Waals surface area contributed by atoms with E-state index in [4.69, 9.17) is 0 Å². The molecule has 1 aliphatic heterocycles. The van der Waals surface area contributed by atoms with Crippen LogP contribution in [-0.4, -0.2) is 28.7 Å². The van der Waals surface area contributed by atoms with E-state index in [9.17, 15) is 14.4 Å². The molecule has 1 fully saturated rings. The SMILES string of the molecule is O=C(NC1CC1)c1ccc2c(c1)C(=O)N(Cc1ccccc1)C2=O. The summed E-state index contributed by atoms with van der Waals surface area (Å²) >= 11 is 0. The molecule has 24 heavy (non-hydrogen) atoms. The van der Waals surface area contributed by atoms with Crippen molar-refractivity contribution in [2.45, 2.75) is 25.4 Å². The van der Waals surface area contributed by atoms with E-state index in [2.05, 4.69) is 5.32 Å². The Kier molecular flexibility index (Phi) is 3.41. The smallest absolute Gasteiger partial charge is 0.261 e. The molecule has 0 saturated heterocycles. The van der Waals surface area contributed by atoms with E-state index < -0.39 is 0 Å². The number of rotatable bonds is 4. The number of amides is 3. The summed E-state index contributed by atoms with van der Waals surface area (Å²) in [4.78, 5) is 38.4. The first-order valence-electron chi connectivity index (χ1n) is 7.98. The van der Waals surface area contributed by atoms with Gasteiger partial charge >= 0.3 is 0 Å². The molecule has 2 aliphatic rings. The van der Waals surface area contributed by atoms with Gasteiger partial charge in [0.1, 0.15) is 0 Å². The molecular weight excluding hydrogens is 304 g/mol. The fourth-order valence-electron chi connectivity index (χ4n) is 2.84. The number of imide groups is 1. The van der Waals surface area contributed by atoms with Crippen molar-refractivity contribution in [3.63, 3.8) is 0 Å². The molecule has 1 heterocycles. The Labute approximate surface area is 139 Å². The van der Waals surface area contributed by atoms with Crippen LogP contribution in [0, 0.1) is 0 Å². The van der Waals surface area contributed by atoms with Crippen molar-refractivity contribution in [2.24, 2.45) is 0 Å². The molecule has 4 rings (SSSR count). The molecule has 0 atom stereocenters. The number of benzene rings is 2. The minimum atomic E-state index is -0.347. The lowest BCUT2D eigenvalue weighted by molar-refractivity contribution is 0.0642.